The monoisotopic (exact) mass is 487 g/mol. The minimum absolute atomic E-state index is 1.12. The third kappa shape index (κ3) is 5.47. The van der Waals surface area contributed by atoms with Crippen LogP contribution in [0.4, 0.5) is 0 Å². The molecule has 1 heterocycles. The zero-order chi connectivity index (χ0) is 19.2. The molecule has 0 saturated heterocycles. The van der Waals surface area contributed by atoms with E-state index in [1.54, 1.807) is 0 Å². The van der Waals surface area contributed by atoms with Gasteiger partial charge in [-0.3, -0.25) is 0 Å². The summed E-state index contributed by atoms with van der Waals surface area (Å²) in [5, 5.41) is 0. The van der Waals surface area contributed by atoms with Crippen LogP contribution in [0.5, 0.6) is 0 Å². The van der Waals surface area contributed by atoms with Gasteiger partial charge in [0.25, 0.3) is 0 Å². The number of hydrogen-bond donors (Lipinski definition) is 0. The molecule has 0 fully saturated rings. The Morgan fingerprint density at radius 1 is 0.750 bits per heavy atom. The van der Waals surface area contributed by atoms with Crippen molar-refractivity contribution in [3.8, 4) is 0 Å². The topological polar surface area (TPSA) is 12.9 Å². The van der Waals surface area contributed by atoms with Gasteiger partial charge in [0.2, 0.25) is 0 Å². The average Bonchev–Trinajstić information content (AvgIpc) is 3.14. The van der Waals surface area contributed by atoms with Crippen molar-refractivity contribution in [2.45, 2.75) is 17.2 Å². The third-order valence-electron chi connectivity index (χ3n) is 4.69. The molecule has 4 aromatic rings. The van der Waals surface area contributed by atoms with Crippen LogP contribution in [0.15, 0.2) is 89.3 Å². The van der Waals surface area contributed by atoms with Gasteiger partial charge in [-0.2, -0.15) is 0 Å². The van der Waals surface area contributed by atoms with Crippen molar-refractivity contribution < 1.29 is 0 Å². The van der Waals surface area contributed by atoms with E-state index in [2.05, 4.69) is 100 Å². The molecule has 0 spiro atoms. The number of rotatable bonds is 8. The third-order valence-corrected chi connectivity index (χ3v) is 15.1. The molecule has 1 aromatic heterocycles. The number of hydrogen-bond acceptors (Lipinski definition) is 3. The van der Waals surface area contributed by atoms with Crippen LogP contribution < -0.4 is 0 Å². The van der Waals surface area contributed by atoms with Crippen molar-refractivity contribution in [3.63, 3.8) is 0 Å². The van der Waals surface area contributed by atoms with E-state index >= 15 is 0 Å². The predicted molar refractivity (Wildman–Crippen MR) is 128 cm³/mol. The Kier molecular flexibility index (Phi) is 6.88. The van der Waals surface area contributed by atoms with Gasteiger partial charge in [0.1, 0.15) is 0 Å². The molecule has 0 aliphatic carbocycles. The van der Waals surface area contributed by atoms with Crippen molar-refractivity contribution in [1.82, 2.24) is 4.98 Å². The summed E-state index contributed by atoms with van der Waals surface area (Å²) in [6.45, 7) is 0. The van der Waals surface area contributed by atoms with Crippen LogP contribution in [0.3, 0.4) is 0 Å². The summed E-state index contributed by atoms with van der Waals surface area (Å²) in [6, 6.07) is 30.2. The van der Waals surface area contributed by atoms with E-state index in [0.29, 0.717) is 0 Å². The molecule has 0 aliphatic rings. The van der Waals surface area contributed by atoms with Gasteiger partial charge < -0.3 is 0 Å². The van der Waals surface area contributed by atoms with Crippen LogP contribution >= 0.6 is 27.4 Å². The molecular formula is C23H22NPS2Se. The first kappa shape index (κ1) is 20.1. The second-order valence-corrected chi connectivity index (χ2v) is 19.8. The molecule has 5 heteroatoms. The molecule has 1 nitrogen and oxygen atoms in total. The molecule has 0 amide bonds. The van der Waals surface area contributed by atoms with Crippen molar-refractivity contribution in [2.24, 2.45) is 0 Å². The first-order valence-electron chi connectivity index (χ1n) is 9.41. The van der Waals surface area contributed by atoms with Crippen LogP contribution in [0.2, 0.25) is 0 Å². The average molecular weight is 487 g/mol. The molecule has 0 unspecified atom stereocenters. The summed E-state index contributed by atoms with van der Waals surface area (Å²) < 4.78 is 1.15. The second-order valence-electron chi connectivity index (χ2n) is 6.77. The second kappa shape index (κ2) is 9.57. The fourth-order valence-corrected chi connectivity index (χ4v) is 13.4. The van der Waals surface area contributed by atoms with E-state index in [9.17, 15) is 0 Å². The Morgan fingerprint density at radius 2 is 1.29 bits per heavy atom. The normalized spacial score (nSPS) is 11.7. The predicted octanol–water partition coefficient (Wildman–Crippen LogP) is 6.89. The SMILES string of the molecule is [Se]=P(CCc1ccccc1)(CCc1ccccc1)Sc1nc2ccccc2s1. The summed E-state index contributed by atoms with van der Waals surface area (Å²) in [5.41, 5.74) is 3.96. The maximum atomic E-state index is 4.90. The van der Waals surface area contributed by atoms with Gasteiger partial charge in [-0.15, -0.1) is 0 Å². The summed E-state index contributed by atoms with van der Waals surface area (Å²) in [5.74, 6) is 0. The van der Waals surface area contributed by atoms with Crippen LogP contribution in [-0.4, -0.2) is 32.4 Å². The number of aromatic nitrogens is 1. The Hall–Kier alpha value is -1.15. The summed E-state index contributed by atoms with van der Waals surface area (Å²) in [6.07, 6.45) is 4.64. The summed E-state index contributed by atoms with van der Waals surface area (Å²) >= 11 is 7.51. The van der Waals surface area contributed by atoms with E-state index in [-0.39, 0.29) is 0 Å². The van der Waals surface area contributed by atoms with Gasteiger partial charge >= 0.3 is 183 Å². The molecular weight excluding hydrogens is 464 g/mol. The molecule has 0 aliphatic heterocycles. The zero-order valence-corrected chi connectivity index (χ0v) is 19.8. The van der Waals surface area contributed by atoms with Gasteiger partial charge in [-0.1, -0.05) is 0 Å². The molecule has 0 bridgehead atoms. The van der Waals surface area contributed by atoms with E-state index in [0.717, 1.165) is 18.4 Å². The van der Waals surface area contributed by atoms with Crippen LogP contribution in [-0.2, 0) is 12.8 Å². The summed E-state index contributed by atoms with van der Waals surface area (Å²) in [4.78, 5) is 4.90. The van der Waals surface area contributed by atoms with Gasteiger partial charge in [0.05, 0.1) is 0 Å². The molecule has 0 N–H and O–H groups in total. The zero-order valence-electron chi connectivity index (χ0n) is 15.5. The molecule has 0 atom stereocenters. The minimum atomic E-state index is -1.34. The first-order valence-corrected chi connectivity index (χ1v) is 16.0. The Bertz CT molecular complexity index is 999. The number of benzene rings is 3. The van der Waals surface area contributed by atoms with Crippen LogP contribution in [0, 0.1) is 0 Å². The van der Waals surface area contributed by atoms with Crippen molar-refractivity contribution in [2.75, 3.05) is 12.3 Å². The van der Waals surface area contributed by atoms with E-state index < -0.39 is 4.71 Å². The van der Waals surface area contributed by atoms with Crippen molar-refractivity contribution >= 4 is 52.7 Å². The number of aryl methyl sites for hydroxylation is 2. The van der Waals surface area contributed by atoms with E-state index in [1.165, 1.54) is 32.5 Å². The number of fused-ring (bicyclic) bond motifs is 1. The molecule has 28 heavy (non-hydrogen) atoms. The van der Waals surface area contributed by atoms with Gasteiger partial charge in [-0.05, 0) is 0 Å². The molecule has 142 valence electrons. The summed E-state index contributed by atoms with van der Waals surface area (Å²) in [7, 11) is 0. The van der Waals surface area contributed by atoms with Gasteiger partial charge in [0.15, 0.2) is 0 Å². The van der Waals surface area contributed by atoms with E-state index in [1.807, 2.05) is 22.7 Å². The number of thiazole rings is 1. The maximum absolute atomic E-state index is 4.90. The molecule has 3 aromatic carbocycles. The van der Waals surface area contributed by atoms with Crippen LogP contribution in [0.25, 0.3) is 10.2 Å². The first-order chi connectivity index (χ1) is 13.7. The molecule has 0 radical (unpaired) electrons. The Morgan fingerprint density at radius 3 is 1.86 bits per heavy atom. The van der Waals surface area contributed by atoms with Gasteiger partial charge in [0, 0.05) is 0 Å². The number of nitrogens with zero attached hydrogens (tertiary/aromatic N) is 1. The Balaban J connectivity index is 1.53. The fourth-order valence-electron chi connectivity index (χ4n) is 3.12. The Labute approximate surface area is 182 Å². The van der Waals surface area contributed by atoms with Crippen LogP contribution in [0.1, 0.15) is 11.1 Å². The van der Waals surface area contributed by atoms with Crippen molar-refractivity contribution in [1.29, 1.82) is 0 Å². The molecule has 0 saturated carbocycles. The number of para-hydroxylation sites is 1. The van der Waals surface area contributed by atoms with Crippen molar-refractivity contribution in [3.05, 3.63) is 96.1 Å². The van der Waals surface area contributed by atoms with E-state index in [4.69, 9.17) is 4.98 Å². The standard InChI is InChI=1S/C23H22NPS2Se/c28-25(17-15-19-9-3-1-4-10-19,18-16-20-11-5-2-6-12-20)27-23-24-21-13-7-8-14-22(21)26-23/h1-14H,15-18H2. The fraction of sp³-hybridized carbons (Fsp3) is 0.174. The quantitative estimate of drug-likeness (QED) is 0.199. The van der Waals surface area contributed by atoms with Gasteiger partial charge in [-0.25, -0.2) is 0 Å². The molecule has 4 rings (SSSR count).